The molecule has 0 saturated heterocycles. The summed E-state index contributed by atoms with van der Waals surface area (Å²) < 4.78 is 2.36. The molecule has 0 unspecified atom stereocenters. The summed E-state index contributed by atoms with van der Waals surface area (Å²) in [4.78, 5) is 0. The molecule has 5 aromatic rings. The average Bonchev–Trinajstić information content (AvgIpc) is 3.30. The van der Waals surface area contributed by atoms with E-state index in [2.05, 4.69) is 85.9 Å². The van der Waals surface area contributed by atoms with Gasteiger partial charge in [0.1, 0.15) is 0 Å². The molecule has 2 aromatic heterocycles. The van der Waals surface area contributed by atoms with Gasteiger partial charge in [0.05, 0.1) is 0 Å². The van der Waals surface area contributed by atoms with E-state index in [4.69, 9.17) is 0 Å². The molecule has 0 aliphatic rings. The number of hydrogen-bond donors (Lipinski definition) is 1. The van der Waals surface area contributed by atoms with Crippen LogP contribution in [0.5, 0.6) is 0 Å². The summed E-state index contributed by atoms with van der Waals surface area (Å²) >= 11 is 0. The molecule has 0 spiro atoms. The maximum absolute atomic E-state index is 4.09. The van der Waals surface area contributed by atoms with E-state index in [0.29, 0.717) is 5.82 Å². The minimum absolute atomic E-state index is 0.613. The first-order valence-electron chi connectivity index (χ1n) is 8.19. The molecule has 1 N–H and O–H groups in total. The van der Waals surface area contributed by atoms with Crippen LogP contribution in [0.4, 0.5) is 0 Å². The van der Waals surface area contributed by atoms with Crippen LogP contribution in [-0.2, 0) is 6.54 Å². The molecular formula is C20H15N5. The lowest BCUT2D eigenvalue weighted by Crippen LogP contribution is -1.98. The summed E-state index contributed by atoms with van der Waals surface area (Å²) in [7, 11) is 0. The van der Waals surface area contributed by atoms with Crippen molar-refractivity contribution in [2.24, 2.45) is 0 Å². The molecule has 0 bridgehead atoms. The van der Waals surface area contributed by atoms with Crippen LogP contribution in [0.25, 0.3) is 33.2 Å². The van der Waals surface area contributed by atoms with Gasteiger partial charge in [-0.15, -0.1) is 10.2 Å². The fraction of sp³-hybridized carbons (Fsp3) is 0.0500. The number of benzene rings is 3. The zero-order valence-electron chi connectivity index (χ0n) is 13.4. The zero-order chi connectivity index (χ0) is 16.6. The molecule has 0 aliphatic heterocycles. The third kappa shape index (κ3) is 2.29. The molecule has 0 atom stereocenters. The van der Waals surface area contributed by atoms with Crippen LogP contribution in [0, 0.1) is 0 Å². The van der Waals surface area contributed by atoms with E-state index >= 15 is 0 Å². The maximum atomic E-state index is 4.09. The summed E-state index contributed by atoms with van der Waals surface area (Å²) in [5.74, 6) is 0.613. The van der Waals surface area contributed by atoms with Crippen molar-refractivity contribution in [2.75, 3.05) is 0 Å². The molecule has 25 heavy (non-hydrogen) atoms. The maximum Gasteiger partial charge on any atom is 0.204 e. The predicted molar refractivity (Wildman–Crippen MR) is 98.2 cm³/mol. The summed E-state index contributed by atoms with van der Waals surface area (Å²) in [6, 6.07) is 25.4. The average molecular weight is 325 g/mol. The fourth-order valence-electron chi connectivity index (χ4n) is 3.41. The van der Waals surface area contributed by atoms with Crippen LogP contribution >= 0.6 is 0 Å². The number of fused-ring (bicyclic) bond motifs is 3. The Morgan fingerprint density at radius 1 is 0.800 bits per heavy atom. The van der Waals surface area contributed by atoms with Crippen LogP contribution in [0.1, 0.15) is 5.56 Å². The molecule has 120 valence electrons. The van der Waals surface area contributed by atoms with Gasteiger partial charge in [0.2, 0.25) is 5.82 Å². The summed E-state index contributed by atoms with van der Waals surface area (Å²) in [5, 5.41) is 16.8. The number of H-pyrrole nitrogens is 1. The summed E-state index contributed by atoms with van der Waals surface area (Å²) in [6.45, 7) is 0.840. The molecule has 5 rings (SSSR count). The minimum Gasteiger partial charge on any atom is -0.336 e. The van der Waals surface area contributed by atoms with E-state index in [9.17, 15) is 0 Å². The Morgan fingerprint density at radius 2 is 1.60 bits per heavy atom. The first kappa shape index (κ1) is 13.9. The molecule has 2 heterocycles. The van der Waals surface area contributed by atoms with Gasteiger partial charge in [0.15, 0.2) is 0 Å². The van der Waals surface area contributed by atoms with Crippen molar-refractivity contribution in [1.29, 1.82) is 0 Å². The van der Waals surface area contributed by atoms with Crippen molar-refractivity contribution >= 4 is 21.8 Å². The van der Waals surface area contributed by atoms with Crippen molar-refractivity contribution in [3.8, 4) is 11.4 Å². The van der Waals surface area contributed by atoms with Gasteiger partial charge in [0.25, 0.3) is 0 Å². The highest BCUT2D eigenvalue weighted by atomic mass is 15.5. The van der Waals surface area contributed by atoms with E-state index in [1.54, 1.807) is 0 Å². The SMILES string of the molecule is c1ccc(Cn2c3ccccc3c3cc(-c4nn[nH]n4)ccc32)cc1. The third-order valence-electron chi connectivity index (χ3n) is 4.56. The van der Waals surface area contributed by atoms with Gasteiger partial charge in [-0.25, -0.2) is 0 Å². The molecule has 5 nitrogen and oxygen atoms in total. The van der Waals surface area contributed by atoms with Crippen LogP contribution in [-0.4, -0.2) is 25.2 Å². The largest absolute Gasteiger partial charge is 0.336 e. The standard InChI is InChI=1S/C20H15N5/c1-2-6-14(7-3-1)13-25-18-9-5-4-8-16(18)17-12-15(10-11-19(17)25)20-21-23-24-22-20/h1-12H,13H2,(H,21,22,23,24). The lowest BCUT2D eigenvalue weighted by Gasteiger charge is -2.08. The minimum atomic E-state index is 0.613. The fourth-order valence-corrected chi connectivity index (χ4v) is 3.41. The van der Waals surface area contributed by atoms with E-state index in [0.717, 1.165) is 12.1 Å². The highest BCUT2D eigenvalue weighted by Crippen LogP contribution is 2.32. The third-order valence-corrected chi connectivity index (χ3v) is 4.56. The van der Waals surface area contributed by atoms with E-state index in [1.807, 2.05) is 12.1 Å². The van der Waals surface area contributed by atoms with Crippen molar-refractivity contribution in [3.05, 3.63) is 78.4 Å². The van der Waals surface area contributed by atoms with Gasteiger partial charge in [-0.3, -0.25) is 0 Å². The van der Waals surface area contributed by atoms with Crippen molar-refractivity contribution in [2.45, 2.75) is 6.54 Å². The van der Waals surface area contributed by atoms with Crippen LogP contribution in [0.2, 0.25) is 0 Å². The Bertz CT molecular complexity index is 1160. The van der Waals surface area contributed by atoms with Gasteiger partial charge in [0, 0.05) is 33.9 Å². The normalized spacial score (nSPS) is 11.4. The van der Waals surface area contributed by atoms with Crippen molar-refractivity contribution in [1.82, 2.24) is 25.2 Å². The molecule has 5 heteroatoms. The Labute approximate surface area is 143 Å². The van der Waals surface area contributed by atoms with Gasteiger partial charge >= 0.3 is 0 Å². The second kappa shape index (κ2) is 5.56. The van der Waals surface area contributed by atoms with E-state index < -0.39 is 0 Å². The molecule has 0 fully saturated rings. The van der Waals surface area contributed by atoms with Crippen molar-refractivity contribution < 1.29 is 0 Å². The number of para-hydroxylation sites is 1. The van der Waals surface area contributed by atoms with Crippen LogP contribution < -0.4 is 0 Å². The van der Waals surface area contributed by atoms with Crippen molar-refractivity contribution in [3.63, 3.8) is 0 Å². The van der Waals surface area contributed by atoms with Gasteiger partial charge in [-0.1, -0.05) is 48.5 Å². The zero-order valence-corrected chi connectivity index (χ0v) is 13.4. The monoisotopic (exact) mass is 325 g/mol. The topological polar surface area (TPSA) is 59.4 Å². The van der Waals surface area contributed by atoms with E-state index in [-0.39, 0.29) is 0 Å². The number of rotatable bonds is 3. The van der Waals surface area contributed by atoms with Gasteiger partial charge in [-0.05, 0) is 35.0 Å². The van der Waals surface area contributed by atoms with Gasteiger partial charge < -0.3 is 4.57 Å². The number of nitrogens with zero attached hydrogens (tertiary/aromatic N) is 4. The first-order valence-corrected chi connectivity index (χ1v) is 8.19. The highest BCUT2D eigenvalue weighted by molar-refractivity contribution is 6.09. The molecular weight excluding hydrogens is 310 g/mol. The first-order chi connectivity index (χ1) is 12.4. The summed E-state index contributed by atoms with van der Waals surface area (Å²) in [5.41, 5.74) is 4.68. The smallest absolute Gasteiger partial charge is 0.204 e. The molecule has 3 aromatic carbocycles. The second-order valence-electron chi connectivity index (χ2n) is 6.06. The van der Waals surface area contributed by atoms with Gasteiger partial charge in [-0.2, -0.15) is 5.21 Å². The lowest BCUT2D eigenvalue weighted by atomic mass is 10.1. The number of hydrogen-bond acceptors (Lipinski definition) is 3. The van der Waals surface area contributed by atoms with Crippen LogP contribution in [0.3, 0.4) is 0 Å². The molecule has 0 radical (unpaired) electrons. The number of aromatic nitrogens is 5. The molecule has 0 aliphatic carbocycles. The Morgan fingerprint density at radius 3 is 2.44 bits per heavy atom. The highest BCUT2D eigenvalue weighted by Gasteiger charge is 2.13. The predicted octanol–water partition coefficient (Wildman–Crippen LogP) is 4.02. The second-order valence-corrected chi connectivity index (χ2v) is 6.06. The number of aromatic amines is 1. The van der Waals surface area contributed by atoms with Crippen LogP contribution in [0.15, 0.2) is 72.8 Å². The molecule has 0 amide bonds. The summed E-state index contributed by atoms with van der Waals surface area (Å²) in [6.07, 6.45) is 0. The lowest BCUT2D eigenvalue weighted by molar-refractivity contribution is 0.869. The molecule has 0 saturated carbocycles. The Balaban J connectivity index is 1.75. The number of tetrazole rings is 1. The Kier molecular flexibility index (Phi) is 3.10. The van der Waals surface area contributed by atoms with E-state index in [1.165, 1.54) is 27.4 Å². The number of nitrogens with one attached hydrogen (secondary N) is 1. The quantitative estimate of drug-likeness (QED) is 0.545. The Hall–Kier alpha value is -3.47.